The quantitative estimate of drug-likeness (QED) is 0.681. The number of hydrogen-bond acceptors (Lipinski definition) is 4. The maximum Gasteiger partial charge on any atom is 0.295 e. The molecule has 3 rings (SSSR count). The van der Waals surface area contributed by atoms with Gasteiger partial charge in [0.05, 0.1) is 22.9 Å². The monoisotopic (exact) mass is 416 g/mol. The first-order chi connectivity index (χ1) is 13.9. The second-order valence-corrected chi connectivity index (χ2v) is 8.34. The summed E-state index contributed by atoms with van der Waals surface area (Å²) in [7, 11) is 1.78. The van der Waals surface area contributed by atoms with Gasteiger partial charge in [0.15, 0.2) is 0 Å². The second-order valence-electron chi connectivity index (χ2n) is 7.35. The first-order valence-corrected chi connectivity index (χ1v) is 11.1. The zero-order valence-electron chi connectivity index (χ0n) is 17.2. The number of anilines is 1. The molecule has 0 radical (unpaired) electrons. The van der Waals surface area contributed by atoms with Gasteiger partial charge in [-0.05, 0) is 44.7 Å². The van der Waals surface area contributed by atoms with E-state index in [1.54, 1.807) is 18.7 Å². The zero-order chi connectivity index (χ0) is 21.0. The number of rotatable bonds is 9. The van der Waals surface area contributed by atoms with Gasteiger partial charge in [-0.1, -0.05) is 18.2 Å². The lowest BCUT2D eigenvalue weighted by Crippen LogP contribution is -2.34. The van der Waals surface area contributed by atoms with Crippen LogP contribution in [0, 0.1) is 12.8 Å². The molecule has 0 saturated heterocycles. The number of nitrogens with zero attached hydrogens (tertiary/aromatic N) is 3. The highest BCUT2D eigenvalue weighted by Crippen LogP contribution is 2.29. The van der Waals surface area contributed by atoms with Crippen molar-refractivity contribution in [1.29, 1.82) is 0 Å². The van der Waals surface area contributed by atoms with E-state index in [1.807, 2.05) is 42.2 Å². The van der Waals surface area contributed by atoms with Crippen molar-refractivity contribution in [3.8, 4) is 5.69 Å². The van der Waals surface area contributed by atoms with Crippen molar-refractivity contribution in [3.05, 3.63) is 46.4 Å². The number of thioether (sulfide) groups is 1. The fourth-order valence-electron chi connectivity index (χ4n) is 3.23. The van der Waals surface area contributed by atoms with Crippen molar-refractivity contribution in [2.45, 2.75) is 26.7 Å². The molecule has 0 unspecified atom stereocenters. The van der Waals surface area contributed by atoms with Gasteiger partial charge in [-0.25, -0.2) is 4.68 Å². The summed E-state index contributed by atoms with van der Waals surface area (Å²) in [6.45, 7) is 5.30. The Morgan fingerprint density at radius 1 is 1.21 bits per heavy atom. The molecular formula is C21H28N4O3S. The van der Waals surface area contributed by atoms with Crippen LogP contribution >= 0.6 is 11.8 Å². The zero-order valence-corrected chi connectivity index (χ0v) is 18.0. The standard InChI is InChI=1S/C21H28N4O3S/c1-4-24(12-16-10-11-16)19(27)14-29-13-18(26)22-20-15(2)23(3)25(21(20)28)17-8-6-5-7-9-17/h5-9,16H,4,10-14H2,1-3H3,(H,22,26). The van der Waals surface area contributed by atoms with Crippen molar-refractivity contribution in [2.24, 2.45) is 13.0 Å². The Bertz CT molecular complexity index is 931. The highest BCUT2D eigenvalue weighted by atomic mass is 32.2. The summed E-state index contributed by atoms with van der Waals surface area (Å²) in [6.07, 6.45) is 2.41. The van der Waals surface area contributed by atoms with E-state index < -0.39 is 0 Å². The first kappa shape index (κ1) is 21.2. The molecule has 2 aromatic rings. The van der Waals surface area contributed by atoms with E-state index in [4.69, 9.17) is 0 Å². The molecule has 7 nitrogen and oxygen atoms in total. The summed E-state index contributed by atoms with van der Waals surface area (Å²) < 4.78 is 3.25. The van der Waals surface area contributed by atoms with Crippen LogP contribution in [0.15, 0.2) is 35.1 Å². The molecular weight excluding hydrogens is 388 g/mol. The molecule has 156 valence electrons. The number of benzene rings is 1. The number of amides is 2. The molecule has 1 aliphatic rings. The summed E-state index contributed by atoms with van der Waals surface area (Å²) >= 11 is 1.28. The minimum atomic E-state index is -0.279. The Morgan fingerprint density at radius 2 is 1.90 bits per heavy atom. The molecule has 8 heteroatoms. The van der Waals surface area contributed by atoms with E-state index in [9.17, 15) is 14.4 Å². The molecule has 1 heterocycles. The smallest absolute Gasteiger partial charge is 0.295 e. The molecule has 0 aliphatic heterocycles. The van der Waals surface area contributed by atoms with Gasteiger partial charge in [-0.15, -0.1) is 11.8 Å². The van der Waals surface area contributed by atoms with E-state index in [-0.39, 0.29) is 34.6 Å². The average molecular weight is 417 g/mol. The molecule has 1 aromatic carbocycles. The fourth-order valence-corrected chi connectivity index (χ4v) is 3.95. The van der Waals surface area contributed by atoms with Crippen LogP contribution in [0.1, 0.15) is 25.5 Å². The summed E-state index contributed by atoms with van der Waals surface area (Å²) in [6, 6.07) is 9.29. The molecule has 1 aliphatic carbocycles. The van der Waals surface area contributed by atoms with Crippen LogP contribution in [0.5, 0.6) is 0 Å². The highest BCUT2D eigenvalue weighted by molar-refractivity contribution is 8.00. The largest absolute Gasteiger partial charge is 0.342 e. The minimum Gasteiger partial charge on any atom is -0.342 e. The normalized spacial score (nSPS) is 13.3. The van der Waals surface area contributed by atoms with Crippen molar-refractivity contribution in [2.75, 3.05) is 29.9 Å². The van der Waals surface area contributed by atoms with Gasteiger partial charge in [-0.3, -0.25) is 19.1 Å². The van der Waals surface area contributed by atoms with Crippen LogP contribution in [0.3, 0.4) is 0 Å². The Labute approximate surface area is 175 Å². The van der Waals surface area contributed by atoms with Crippen LogP contribution in [0.25, 0.3) is 5.69 Å². The number of carbonyl (C=O) groups is 2. The van der Waals surface area contributed by atoms with Gasteiger partial charge in [0.1, 0.15) is 5.69 Å². The van der Waals surface area contributed by atoms with Crippen LogP contribution in [-0.2, 0) is 16.6 Å². The molecule has 0 bridgehead atoms. The lowest BCUT2D eigenvalue weighted by atomic mass is 10.3. The number of aromatic nitrogens is 2. The molecule has 1 N–H and O–H groups in total. The van der Waals surface area contributed by atoms with Crippen LogP contribution in [-0.4, -0.2) is 50.7 Å². The molecule has 2 amide bonds. The summed E-state index contributed by atoms with van der Waals surface area (Å²) in [4.78, 5) is 39.4. The summed E-state index contributed by atoms with van der Waals surface area (Å²) in [5.74, 6) is 0.848. The molecule has 1 saturated carbocycles. The summed E-state index contributed by atoms with van der Waals surface area (Å²) in [5, 5.41) is 2.73. The predicted molar refractivity (Wildman–Crippen MR) is 117 cm³/mol. The number of hydrogen-bond donors (Lipinski definition) is 1. The van der Waals surface area contributed by atoms with Gasteiger partial charge in [0, 0.05) is 20.1 Å². The third-order valence-corrected chi connectivity index (χ3v) is 6.10. The molecule has 29 heavy (non-hydrogen) atoms. The second kappa shape index (κ2) is 9.35. The Kier molecular flexibility index (Phi) is 6.84. The van der Waals surface area contributed by atoms with E-state index in [0.717, 1.165) is 12.2 Å². The Morgan fingerprint density at radius 3 is 2.52 bits per heavy atom. The molecule has 1 fully saturated rings. The van der Waals surface area contributed by atoms with Crippen molar-refractivity contribution in [1.82, 2.24) is 14.3 Å². The molecule has 0 atom stereocenters. The van der Waals surface area contributed by atoms with E-state index in [2.05, 4.69) is 5.32 Å². The SMILES string of the molecule is CCN(CC1CC1)C(=O)CSCC(=O)Nc1c(C)n(C)n(-c2ccccc2)c1=O. The molecule has 1 aromatic heterocycles. The first-order valence-electron chi connectivity index (χ1n) is 9.91. The Balaban J connectivity index is 1.58. The van der Waals surface area contributed by atoms with Gasteiger partial charge < -0.3 is 10.2 Å². The number of carbonyl (C=O) groups excluding carboxylic acids is 2. The third-order valence-electron chi connectivity index (χ3n) is 5.19. The molecule has 0 spiro atoms. The third kappa shape index (κ3) is 5.12. The van der Waals surface area contributed by atoms with Gasteiger partial charge in [0.2, 0.25) is 11.8 Å². The maximum atomic E-state index is 12.8. The van der Waals surface area contributed by atoms with Gasteiger partial charge >= 0.3 is 0 Å². The van der Waals surface area contributed by atoms with Gasteiger partial charge in [-0.2, -0.15) is 0 Å². The van der Waals surface area contributed by atoms with E-state index in [1.165, 1.54) is 29.3 Å². The summed E-state index contributed by atoms with van der Waals surface area (Å²) in [5.41, 5.74) is 1.41. The average Bonchev–Trinajstić information content (AvgIpc) is 3.51. The van der Waals surface area contributed by atoms with E-state index in [0.29, 0.717) is 18.2 Å². The maximum absolute atomic E-state index is 12.8. The van der Waals surface area contributed by atoms with Crippen LogP contribution in [0.4, 0.5) is 5.69 Å². The predicted octanol–water partition coefficient (Wildman–Crippen LogP) is 2.41. The fraction of sp³-hybridized carbons (Fsp3) is 0.476. The van der Waals surface area contributed by atoms with Crippen molar-refractivity contribution >= 4 is 29.3 Å². The van der Waals surface area contributed by atoms with Gasteiger partial charge in [0.25, 0.3) is 5.56 Å². The Hall–Kier alpha value is -2.48. The van der Waals surface area contributed by atoms with Crippen molar-refractivity contribution < 1.29 is 9.59 Å². The van der Waals surface area contributed by atoms with Crippen LogP contribution in [0.2, 0.25) is 0 Å². The lowest BCUT2D eigenvalue weighted by Gasteiger charge is -2.20. The van der Waals surface area contributed by atoms with Crippen LogP contribution < -0.4 is 10.9 Å². The minimum absolute atomic E-state index is 0.0690. The number of para-hydroxylation sites is 1. The lowest BCUT2D eigenvalue weighted by molar-refractivity contribution is -0.128. The van der Waals surface area contributed by atoms with Crippen molar-refractivity contribution in [3.63, 3.8) is 0 Å². The highest BCUT2D eigenvalue weighted by Gasteiger charge is 2.26. The topological polar surface area (TPSA) is 76.3 Å². The number of nitrogens with one attached hydrogen (secondary N) is 1. The van der Waals surface area contributed by atoms with E-state index >= 15 is 0 Å².